The van der Waals surface area contributed by atoms with Gasteiger partial charge in [0.2, 0.25) is 0 Å². The van der Waals surface area contributed by atoms with Gasteiger partial charge in [0, 0.05) is 6.07 Å². The van der Waals surface area contributed by atoms with E-state index in [9.17, 15) is 22.8 Å². The number of ether oxygens (including phenoxy) is 4. The molecule has 8 nitrogen and oxygen atoms in total. The molecule has 0 spiro atoms. The molecule has 1 aromatic rings. The van der Waals surface area contributed by atoms with E-state index in [2.05, 4.69) is 10.2 Å². The standard InChI is InChI=1S/C20H27F3N2O6/c1-18(2,3)30-16(26)24-25(17(27)31-19(4,5)6)14-11-13(29-20(21,22)23)9-10-15(14)28-12-7-8-12/h9-12H,7-8H2,1-6H3,(H,24,26). The zero-order valence-corrected chi connectivity index (χ0v) is 18.3. The molecule has 0 saturated heterocycles. The van der Waals surface area contributed by atoms with E-state index in [0.717, 1.165) is 25.0 Å². The summed E-state index contributed by atoms with van der Waals surface area (Å²) in [5.74, 6) is -0.538. The Labute approximate surface area is 178 Å². The average Bonchev–Trinajstić information content (AvgIpc) is 3.33. The average molecular weight is 448 g/mol. The number of carbonyl (C=O) groups excluding carboxylic acids is 2. The third kappa shape index (κ3) is 8.81. The number of alkyl halides is 3. The van der Waals surface area contributed by atoms with Crippen LogP contribution in [0.1, 0.15) is 54.4 Å². The third-order valence-corrected chi connectivity index (χ3v) is 3.40. The predicted molar refractivity (Wildman–Crippen MR) is 105 cm³/mol. The Kier molecular flexibility index (Phi) is 6.87. The molecule has 174 valence electrons. The Hall–Kier alpha value is -2.85. The summed E-state index contributed by atoms with van der Waals surface area (Å²) in [5.41, 5.74) is 0.171. The molecular formula is C20H27F3N2O6. The van der Waals surface area contributed by atoms with E-state index in [1.54, 1.807) is 41.5 Å². The SMILES string of the molecule is CC(C)(C)OC(=O)NN(C(=O)OC(C)(C)C)c1cc(OC(F)(F)F)ccc1OC1CC1. The Morgan fingerprint density at radius 3 is 2.06 bits per heavy atom. The second-order valence-electron chi connectivity index (χ2n) is 8.92. The maximum atomic E-state index is 12.8. The summed E-state index contributed by atoms with van der Waals surface area (Å²) in [5, 5.41) is 0.639. The fraction of sp³-hybridized carbons (Fsp3) is 0.600. The van der Waals surface area contributed by atoms with Crippen LogP contribution in [0, 0.1) is 0 Å². The van der Waals surface area contributed by atoms with Gasteiger partial charge in [-0.1, -0.05) is 0 Å². The van der Waals surface area contributed by atoms with Crippen LogP contribution in [0.4, 0.5) is 28.4 Å². The molecule has 1 aliphatic carbocycles. The predicted octanol–water partition coefficient (Wildman–Crippen LogP) is 5.31. The summed E-state index contributed by atoms with van der Waals surface area (Å²) in [6.07, 6.45) is -5.65. The Morgan fingerprint density at radius 2 is 1.58 bits per heavy atom. The first-order valence-electron chi connectivity index (χ1n) is 9.62. The van der Waals surface area contributed by atoms with Crippen molar-refractivity contribution in [3.05, 3.63) is 18.2 Å². The fourth-order valence-electron chi connectivity index (χ4n) is 2.24. The number of anilines is 1. The molecular weight excluding hydrogens is 421 g/mol. The highest BCUT2D eigenvalue weighted by Crippen LogP contribution is 2.38. The van der Waals surface area contributed by atoms with Crippen LogP contribution in [0.2, 0.25) is 0 Å². The van der Waals surface area contributed by atoms with Gasteiger partial charge in [-0.25, -0.2) is 15.0 Å². The summed E-state index contributed by atoms with van der Waals surface area (Å²) in [6, 6.07) is 3.20. The highest BCUT2D eigenvalue weighted by atomic mass is 19.4. The second-order valence-corrected chi connectivity index (χ2v) is 8.92. The van der Waals surface area contributed by atoms with Crippen molar-refractivity contribution in [1.82, 2.24) is 5.43 Å². The monoisotopic (exact) mass is 448 g/mol. The number of carbonyl (C=O) groups is 2. The van der Waals surface area contributed by atoms with Gasteiger partial charge in [-0.05, 0) is 66.5 Å². The van der Waals surface area contributed by atoms with Crippen LogP contribution in [-0.4, -0.2) is 35.9 Å². The largest absolute Gasteiger partial charge is 0.573 e. The summed E-state index contributed by atoms with van der Waals surface area (Å²) in [7, 11) is 0. The van der Waals surface area contributed by atoms with E-state index in [0.29, 0.717) is 5.01 Å². The minimum atomic E-state index is -4.95. The number of rotatable bonds is 4. The molecule has 1 aromatic carbocycles. The van der Waals surface area contributed by atoms with Crippen molar-refractivity contribution in [3.8, 4) is 11.5 Å². The molecule has 0 radical (unpaired) electrons. The van der Waals surface area contributed by atoms with Gasteiger partial charge in [-0.3, -0.25) is 0 Å². The van der Waals surface area contributed by atoms with Gasteiger partial charge in [-0.15, -0.1) is 13.2 Å². The van der Waals surface area contributed by atoms with Gasteiger partial charge < -0.3 is 18.9 Å². The van der Waals surface area contributed by atoms with Crippen LogP contribution < -0.4 is 19.9 Å². The van der Waals surface area contributed by atoms with Gasteiger partial charge in [0.15, 0.2) is 0 Å². The Balaban J connectivity index is 2.45. The molecule has 0 aromatic heterocycles. The Bertz CT molecular complexity index is 811. The van der Waals surface area contributed by atoms with Gasteiger partial charge in [0.25, 0.3) is 0 Å². The second kappa shape index (κ2) is 8.72. The zero-order valence-electron chi connectivity index (χ0n) is 18.3. The van der Waals surface area contributed by atoms with Crippen molar-refractivity contribution in [3.63, 3.8) is 0 Å². The van der Waals surface area contributed by atoms with E-state index < -0.39 is 35.5 Å². The molecule has 1 saturated carbocycles. The first-order chi connectivity index (χ1) is 14.0. The van der Waals surface area contributed by atoms with E-state index in [4.69, 9.17) is 14.2 Å². The normalized spacial score (nSPS) is 14.5. The molecule has 0 unspecified atom stereocenters. The molecule has 0 heterocycles. The molecule has 1 N–H and O–H groups in total. The number of nitrogens with zero attached hydrogens (tertiary/aromatic N) is 1. The lowest BCUT2D eigenvalue weighted by atomic mass is 10.2. The summed E-state index contributed by atoms with van der Waals surface area (Å²) in [4.78, 5) is 25.2. The quantitative estimate of drug-likeness (QED) is 0.629. The van der Waals surface area contributed by atoms with Crippen LogP contribution in [-0.2, 0) is 9.47 Å². The van der Waals surface area contributed by atoms with Gasteiger partial charge in [0.1, 0.15) is 28.4 Å². The molecule has 2 amide bonds. The van der Waals surface area contributed by atoms with E-state index in [1.807, 2.05) is 0 Å². The number of halogens is 3. The lowest BCUT2D eigenvalue weighted by molar-refractivity contribution is -0.274. The minimum Gasteiger partial charge on any atom is -0.488 e. The summed E-state index contributed by atoms with van der Waals surface area (Å²) < 4.78 is 58.3. The molecule has 0 atom stereocenters. The Morgan fingerprint density at radius 1 is 1.00 bits per heavy atom. The van der Waals surface area contributed by atoms with Crippen molar-refractivity contribution >= 4 is 17.9 Å². The number of benzene rings is 1. The third-order valence-electron chi connectivity index (χ3n) is 3.40. The topological polar surface area (TPSA) is 86.3 Å². The van der Waals surface area contributed by atoms with E-state index >= 15 is 0 Å². The highest BCUT2D eigenvalue weighted by molar-refractivity contribution is 5.92. The van der Waals surface area contributed by atoms with Crippen LogP contribution >= 0.6 is 0 Å². The van der Waals surface area contributed by atoms with Crippen LogP contribution in [0.15, 0.2) is 18.2 Å². The van der Waals surface area contributed by atoms with Crippen LogP contribution in [0.5, 0.6) is 11.5 Å². The van der Waals surface area contributed by atoms with Crippen molar-refractivity contribution in [2.75, 3.05) is 5.01 Å². The van der Waals surface area contributed by atoms with E-state index in [-0.39, 0.29) is 17.5 Å². The van der Waals surface area contributed by atoms with Crippen molar-refractivity contribution < 1.29 is 41.7 Å². The van der Waals surface area contributed by atoms with Gasteiger partial charge in [0.05, 0.1) is 6.10 Å². The van der Waals surface area contributed by atoms with Crippen molar-refractivity contribution in [2.24, 2.45) is 0 Å². The van der Waals surface area contributed by atoms with Crippen LogP contribution in [0.25, 0.3) is 0 Å². The fourth-order valence-corrected chi connectivity index (χ4v) is 2.24. The molecule has 1 fully saturated rings. The number of amides is 2. The first-order valence-corrected chi connectivity index (χ1v) is 9.62. The minimum absolute atomic E-state index is 0.0685. The number of nitrogens with one attached hydrogen (secondary N) is 1. The highest BCUT2D eigenvalue weighted by Gasteiger charge is 2.34. The van der Waals surface area contributed by atoms with Crippen LogP contribution in [0.3, 0.4) is 0 Å². The van der Waals surface area contributed by atoms with E-state index in [1.165, 1.54) is 6.07 Å². The molecule has 0 bridgehead atoms. The van der Waals surface area contributed by atoms with Gasteiger partial charge >= 0.3 is 18.5 Å². The van der Waals surface area contributed by atoms with Crippen molar-refractivity contribution in [1.29, 1.82) is 0 Å². The summed E-state index contributed by atoms with van der Waals surface area (Å²) >= 11 is 0. The first kappa shape index (κ1) is 24.4. The van der Waals surface area contributed by atoms with Gasteiger partial charge in [-0.2, -0.15) is 5.01 Å². The maximum absolute atomic E-state index is 12.8. The molecule has 1 aliphatic rings. The molecule has 0 aliphatic heterocycles. The zero-order chi connectivity index (χ0) is 23.6. The smallest absolute Gasteiger partial charge is 0.488 e. The summed E-state index contributed by atoms with van der Waals surface area (Å²) in [6.45, 7) is 9.64. The molecule has 2 rings (SSSR count). The molecule has 31 heavy (non-hydrogen) atoms. The maximum Gasteiger partial charge on any atom is 0.573 e. The van der Waals surface area contributed by atoms with Crippen molar-refractivity contribution in [2.45, 2.75) is 78.1 Å². The number of hydrogen-bond acceptors (Lipinski definition) is 6. The molecule has 11 heteroatoms. The number of hydrogen-bond donors (Lipinski definition) is 1. The number of hydrazine groups is 1. The lowest BCUT2D eigenvalue weighted by Gasteiger charge is -2.30. The lowest BCUT2D eigenvalue weighted by Crippen LogP contribution is -2.50.